The van der Waals surface area contributed by atoms with Crippen LogP contribution in [0.5, 0.6) is 5.75 Å². The van der Waals surface area contributed by atoms with Crippen LogP contribution in [0.25, 0.3) is 0 Å². The predicted octanol–water partition coefficient (Wildman–Crippen LogP) is 1.11. The molecule has 18 heavy (non-hydrogen) atoms. The van der Waals surface area contributed by atoms with E-state index >= 15 is 0 Å². The van der Waals surface area contributed by atoms with Gasteiger partial charge in [0, 0.05) is 5.56 Å². The number of aliphatic carboxylic acids is 1. The van der Waals surface area contributed by atoms with Crippen molar-refractivity contribution >= 4 is 11.7 Å². The van der Waals surface area contributed by atoms with Crippen molar-refractivity contribution in [2.75, 3.05) is 12.8 Å². The quantitative estimate of drug-likeness (QED) is 0.712. The van der Waals surface area contributed by atoms with Gasteiger partial charge in [-0.3, -0.25) is 0 Å². The van der Waals surface area contributed by atoms with Gasteiger partial charge >= 0.3 is 12.1 Å². The fourth-order valence-corrected chi connectivity index (χ4v) is 1.34. The van der Waals surface area contributed by atoms with E-state index in [-0.39, 0.29) is 11.4 Å². The molecular formula is C10H10F3NO4. The lowest BCUT2D eigenvalue weighted by atomic mass is 9.92. The van der Waals surface area contributed by atoms with Crippen LogP contribution in [-0.4, -0.2) is 29.5 Å². The molecule has 5 nitrogen and oxygen atoms in total. The summed E-state index contributed by atoms with van der Waals surface area (Å²) in [5, 5.41) is 18.0. The minimum atomic E-state index is -5.38. The molecule has 0 aliphatic heterocycles. The van der Waals surface area contributed by atoms with Crippen molar-refractivity contribution in [1.82, 2.24) is 0 Å². The SMILES string of the molecule is COc1cc(C(O)(C(=O)O)C(F)(F)F)ccc1N. The van der Waals surface area contributed by atoms with E-state index in [9.17, 15) is 23.1 Å². The van der Waals surface area contributed by atoms with Crippen molar-refractivity contribution in [2.45, 2.75) is 11.8 Å². The summed E-state index contributed by atoms with van der Waals surface area (Å²) in [5.74, 6) is -2.58. The summed E-state index contributed by atoms with van der Waals surface area (Å²) >= 11 is 0. The molecule has 1 aromatic rings. The van der Waals surface area contributed by atoms with Gasteiger partial charge in [-0.05, 0) is 12.1 Å². The molecule has 1 aromatic carbocycles. The lowest BCUT2D eigenvalue weighted by Gasteiger charge is -2.26. The van der Waals surface area contributed by atoms with Gasteiger partial charge < -0.3 is 20.7 Å². The highest BCUT2D eigenvalue weighted by molar-refractivity contribution is 5.81. The van der Waals surface area contributed by atoms with E-state index in [0.717, 1.165) is 25.3 Å². The summed E-state index contributed by atoms with van der Waals surface area (Å²) in [6.07, 6.45) is -5.38. The number of anilines is 1. The van der Waals surface area contributed by atoms with Crippen LogP contribution in [0.4, 0.5) is 18.9 Å². The number of rotatable bonds is 3. The van der Waals surface area contributed by atoms with Gasteiger partial charge in [-0.1, -0.05) is 6.07 Å². The number of aliphatic hydroxyl groups is 1. The first-order valence-corrected chi connectivity index (χ1v) is 4.61. The molecule has 0 aliphatic rings. The first kappa shape index (κ1) is 14.1. The van der Waals surface area contributed by atoms with Gasteiger partial charge in [-0.25, -0.2) is 4.79 Å². The molecular weight excluding hydrogens is 255 g/mol. The van der Waals surface area contributed by atoms with Gasteiger partial charge in [-0.15, -0.1) is 0 Å². The molecule has 0 spiro atoms. The summed E-state index contributed by atoms with van der Waals surface area (Å²) in [7, 11) is 1.16. The molecule has 8 heteroatoms. The maximum atomic E-state index is 12.7. The minimum Gasteiger partial charge on any atom is -0.495 e. The first-order valence-electron chi connectivity index (χ1n) is 4.61. The lowest BCUT2D eigenvalue weighted by Crippen LogP contribution is -2.49. The zero-order valence-electron chi connectivity index (χ0n) is 9.15. The van der Waals surface area contributed by atoms with E-state index in [0.29, 0.717) is 0 Å². The van der Waals surface area contributed by atoms with Gasteiger partial charge in [0.1, 0.15) is 5.75 Å². The summed E-state index contributed by atoms with van der Waals surface area (Å²) in [6.45, 7) is 0. The minimum absolute atomic E-state index is 0.0242. The Labute approximate surface area is 99.6 Å². The summed E-state index contributed by atoms with van der Waals surface area (Å²) in [4.78, 5) is 10.7. The highest BCUT2D eigenvalue weighted by Gasteiger charge is 2.61. The molecule has 4 N–H and O–H groups in total. The third-order valence-corrected chi connectivity index (χ3v) is 2.37. The Morgan fingerprint density at radius 3 is 2.33 bits per heavy atom. The van der Waals surface area contributed by atoms with Crippen molar-refractivity contribution in [3.8, 4) is 5.75 Å². The summed E-state index contributed by atoms with van der Waals surface area (Å²) in [5.41, 5.74) is 0.530. The Morgan fingerprint density at radius 2 is 1.94 bits per heavy atom. The number of alkyl halides is 3. The number of methoxy groups -OCH3 is 1. The normalized spacial score (nSPS) is 14.9. The largest absolute Gasteiger partial charge is 0.495 e. The molecule has 0 aliphatic carbocycles. The molecule has 0 amide bonds. The van der Waals surface area contributed by atoms with Crippen molar-refractivity contribution < 1.29 is 32.9 Å². The number of nitrogens with two attached hydrogens (primary N) is 1. The molecule has 0 aromatic heterocycles. The third kappa shape index (κ3) is 2.06. The zero-order valence-corrected chi connectivity index (χ0v) is 9.15. The molecule has 0 heterocycles. The molecule has 1 atom stereocenters. The average Bonchev–Trinajstić information content (AvgIpc) is 2.26. The van der Waals surface area contributed by atoms with Crippen LogP contribution in [0, 0.1) is 0 Å². The highest BCUT2D eigenvalue weighted by Crippen LogP contribution is 2.41. The second-order valence-corrected chi connectivity index (χ2v) is 3.47. The van der Waals surface area contributed by atoms with Gasteiger partial charge in [0.15, 0.2) is 0 Å². The van der Waals surface area contributed by atoms with Crippen LogP contribution in [0.1, 0.15) is 5.56 Å². The average molecular weight is 265 g/mol. The van der Waals surface area contributed by atoms with Crippen molar-refractivity contribution in [3.05, 3.63) is 23.8 Å². The monoisotopic (exact) mass is 265 g/mol. The number of nitrogen functional groups attached to an aromatic ring is 1. The zero-order chi connectivity index (χ0) is 14.1. The number of halogens is 3. The van der Waals surface area contributed by atoms with E-state index in [2.05, 4.69) is 4.74 Å². The third-order valence-electron chi connectivity index (χ3n) is 2.37. The van der Waals surface area contributed by atoms with Crippen LogP contribution in [0.3, 0.4) is 0 Å². The molecule has 0 bridgehead atoms. The molecule has 100 valence electrons. The fraction of sp³-hybridized carbons (Fsp3) is 0.300. The molecule has 0 saturated carbocycles. The summed E-state index contributed by atoms with van der Waals surface area (Å²) < 4.78 is 42.7. The number of carbonyl (C=O) groups is 1. The molecule has 0 fully saturated rings. The molecule has 0 radical (unpaired) electrons. The van der Waals surface area contributed by atoms with E-state index in [1.54, 1.807) is 0 Å². The maximum Gasteiger partial charge on any atom is 0.432 e. The number of ether oxygens (including phenoxy) is 1. The number of hydrogen-bond donors (Lipinski definition) is 3. The van der Waals surface area contributed by atoms with E-state index in [1.165, 1.54) is 0 Å². The maximum absolute atomic E-state index is 12.7. The van der Waals surface area contributed by atoms with E-state index in [1.807, 2.05) is 0 Å². The number of hydrogen-bond acceptors (Lipinski definition) is 4. The van der Waals surface area contributed by atoms with Gasteiger partial charge in [0.05, 0.1) is 12.8 Å². The van der Waals surface area contributed by atoms with Gasteiger partial charge in [-0.2, -0.15) is 13.2 Å². The van der Waals surface area contributed by atoms with Gasteiger partial charge in [0.2, 0.25) is 0 Å². The second-order valence-electron chi connectivity index (χ2n) is 3.47. The smallest absolute Gasteiger partial charge is 0.432 e. The van der Waals surface area contributed by atoms with E-state index < -0.39 is 23.3 Å². The number of carboxylic acid groups (broad SMARTS) is 1. The van der Waals surface area contributed by atoms with E-state index in [4.69, 9.17) is 10.8 Å². The van der Waals surface area contributed by atoms with Crippen molar-refractivity contribution in [3.63, 3.8) is 0 Å². The predicted molar refractivity (Wildman–Crippen MR) is 55.0 cm³/mol. The number of carboxylic acids is 1. The Morgan fingerprint density at radius 1 is 1.39 bits per heavy atom. The summed E-state index contributed by atoms with van der Waals surface area (Å²) in [6, 6.07) is 2.53. The van der Waals surface area contributed by atoms with Crippen molar-refractivity contribution in [1.29, 1.82) is 0 Å². The Kier molecular flexibility index (Phi) is 3.43. The Hall–Kier alpha value is -1.96. The van der Waals surface area contributed by atoms with Crippen LogP contribution in [0.2, 0.25) is 0 Å². The molecule has 1 rings (SSSR count). The molecule has 1 unspecified atom stereocenters. The fourth-order valence-electron chi connectivity index (χ4n) is 1.34. The highest BCUT2D eigenvalue weighted by atomic mass is 19.4. The second kappa shape index (κ2) is 4.37. The van der Waals surface area contributed by atoms with Crippen LogP contribution >= 0.6 is 0 Å². The van der Waals surface area contributed by atoms with Crippen LogP contribution in [-0.2, 0) is 10.4 Å². The molecule has 0 saturated heterocycles. The Bertz CT molecular complexity index is 475. The van der Waals surface area contributed by atoms with Crippen molar-refractivity contribution in [2.24, 2.45) is 0 Å². The Balaban J connectivity index is 3.45. The van der Waals surface area contributed by atoms with Gasteiger partial charge in [0.25, 0.3) is 5.60 Å². The van der Waals surface area contributed by atoms with Crippen LogP contribution in [0.15, 0.2) is 18.2 Å². The topological polar surface area (TPSA) is 92.8 Å². The lowest BCUT2D eigenvalue weighted by molar-refractivity contribution is -0.265. The standard InChI is InChI=1S/C10H10F3NO4/c1-18-7-4-5(2-3-6(7)14)9(17,8(15)16)10(11,12)13/h2-4,17H,14H2,1H3,(H,15,16). The number of benzene rings is 1. The first-order chi connectivity index (χ1) is 8.14. The van der Waals surface area contributed by atoms with Crippen LogP contribution < -0.4 is 10.5 Å².